The van der Waals surface area contributed by atoms with Crippen LogP contribution in [-0.2, 0) is 16.0 Å². The molecular weight excluding hydrogens is 294 g/mol. The molecule has 2 rings (SSSR count). The molecule has 0 bridgehead atoms. The predicted octanol–water partition coefficient (Wildman–Crippen LogP) is 2.19. The van der Waals surface area contributed by atoms with Crippen LogP contribution in [0.1, 0.15) is 37.7 Å². The molecule has 1 saturated heterocycles. The van der Waals surface area contributed by atoms with Crippen molar-refractivity contribution < 1.29 is 14.3 Å². The number of rotatable bonds is 8. The van der Waals surface area contributed by atoms with E-state index in [-0.39, 0.29) is 12.5 Å². The molecule has 126 valence electrons. The summed E-state index contributed by atoms with van der Waals surface area (Å²) in [5.41, 5.74) is 6.61. The van der Waals surface area contributed by atoms with Crippen LogP contribution in [0.2, 0.25) is 0 Å². The number of unbranched alkanes of at least 4 members (excludes halogenated alkanes) is 1. The van der Waals surface area contributed by atoms with E-state index in [1.807, 2.05) is 0 Å². The van der Waals surface area contributed by atoms with Gasteiger partial charge in [-0.15, -0.1) is 0 Å². The number of carbonyl (C=O) groups is 2. The topological polar surface area (TPSA) is 93.5 Å². The van der Waals surface area contributed by atoms with Crippen LogP contribution in [0.15, 0.2) is 24.3 Å². The molecule has 6 nitrogen and oxygen atoms in total. The van der Waals surface area contributed by atoms with E-state index in [1.165, 1.54) is 6.42 Å². The first-order valence-corrected chi connectivity index (χ1v) is 8.17. The molecule has 1 aliphatic heterocycles. The third-order valence-corrected chi connectivity index (χ3v) is 3.83. The molecule has 1 aromatic rings. The average molecular weight is 319 g/mol. The van der Waals surface area contributed by atoms with E-state index in [9.17, 15) is 9.59 Å². The number of carbonyl (C=O) groups excluding carboxylic acids is 2. The quantitative estimate of drug-likeness (QED) is 0.641. The Balaban J connectivity index is 1.63. The average Bonchev–Trinajstić information content (AvgIpc) is 3.00. The van der Waals surface area contributed by atoms with Gasteiger partial charge < -0.3 is 21.1 Å². The molecule has 0 spiro atoms. The number of ether oxygens (including phenoxy) is 1. The lowest BCUT2D eigenvalue weighted by atomic mass is 10.1. The molecule has 0 radical (unpaired) electrons. The summed E-state index contributed by atoms with van der Waals surface area (Å²) in [5, 5.41) is 5.60. The number of benzene rings is 1. The molecule has 1 aliphatic rings. The van der Waals surface area contributed by atoms with Gasteiger partial charge in [-0.25, -0.2) is 4.79 Å². The summed E-state index contributed by atoms with van der Waals surface area (Å²) in [7, 11) is 0. The van der Waals surface area contributed by atoms with E-state index < -0.39 is 5.91 Å². The fourth-order valence-electron chi connectivity index (χ4n) is 2.71. The minimum Gasteiger partial charge on any atom is -0.378 e. The molecule has 4 N–H and O–H groups in total. The van der Waals surface area contributed by atoms with E-state index in [2.05, 4.69) is 10.6 Å². The van der Waals surface area contributed by atoms with Crippen molar-refractivity contribution in [1.82, 2.24) is 5.32 Å². The summed E-state index contributed by atoms with van der Waals surface area (Å²) >= 11 is 0. The first kappa shape index (κ1) is 17.3. The van der Waals surface area contributed by atoms with E-state index in [1.54, 1.807) is 24.3 Å². The van der Waals surface area contributed by atoms with Crippen LogP contribution >= 0.6 is 0 Å². The van der Waals surface area contributed by atoms with Crippen molar-refractivity contribution in [1.29, 1.82) is 0 Å². The van der Waals surface area contributed by atoms with Crippen molar-refractivity contribution in [3.63, 3.8) is 0 Å². The van der Waals surface area contributed by atoms with Crippen molar-refractivity contribution in [2.75, 3.05) is 18.5 Å². The monoisotopic (exact) mass is 319 g/mol. The normalized spacial score (nSPS) is 17.0. The Morgan fingerprint density at radius 3 is 2.91 bits per heavy atom. The number of primary amides is 1. The van der Waals surface area contributed by atoms with Crippen molar-refractivity contribution in [3.05, 3.63) is 29.8 Å². The highest BCUT2D eigenvalue weighted by Crippen LogP contribution is 2.17. The van der Waals surface area contributed by atoms with Crippen LogP contribution < -0.4 is 16.4 Å². The van der Waals surface area contributed by atoms with Gasteiger partial charge in [0.05, 0.1) is 12.5 Å². The maximum Gasteiger partial charge on any atom is 0.319 e. The fourth-order valence-corrected chi connectivity index (χ4v) is 2.71. The van der Waals surface area contributed by atoms with Crippen LogP contribution in [0.25, 0.3) is 0 Å². The molecule has 1 atom stereocenters. The standard InChI is InChI=1S/C17H25N3O3/c18-16(21)12-13-5-3-6-14(11-13)20-17(22)19-9-2-1-7-15-8-4-10-23-15/h3,5-6,11,15H,1-2,4,7-10,12H2,(H2,18,21)(H2,19,20,22)/t15-/m0/s1. The molecule has 1 fully saturated rings. The van der Waals surface area contributed by atoms with Crippen LogP contribution in [0.5, 0.6) is 0 Å². The summed E-state index contributed by atoms with van der Waals surface area (Å²) in [4.78, 5) is 22.7. The Kier molecular flexibility index (Phi) is 6.87. The van der Waals surface area contributed by atoms with Gasteiger partial charge in [-0.1, -0.05) is 12.1 Å². The summed E-state index contributed by atoms with van der Waals surface area (Å²) in [6.45, 7) is 1.53. The largest absolute Gasteiger partial charge is 0.378 e. The van der Waals surface area contributed by atoms with Crippen LogP contribution in [0, 0.1) is 0 Å². The minimum absolute atomic E-state index is 0.167. The van der Waals surface area contributed by atoms with Crippen LogP contribution in [-0.4, -0.2) is 31.2 Å². The number of urea groups is 1. The molecular formula is C17H25N3O3. The predicted molar refractivity (Wildman–Crippen MR) is 89.2 cm³/mol. The SMILES string of the molecule is NC(=O)Cc1cccc(NC(=O)NCCCC[C@H]2CCCO2)c1. The van der Waals surface area contributed by atoms with E-state index in [4.69, 9.17) is 10.5 Å². The first-order chi connectivity index (χ1) is 11.1. The third kappa shape index (κ3) is 6.69. The Morgan fingerprint density at radius 1 is 1.30 bits per heavy atom. The molecule has 0 saturated carbocycles. The van der Waals surface area contributed by atoms with Gasteiger partial charge in [0.25, 0.3) is 0 Å². The lowest BCUT2D eigenvalue weighted by Gasteiger charge is -2.10. The Labute approximate surface area is 136 Å². The summed E-state index contributed by atoms with van der Waals surface area (Å²) in [5.74, 6) is -0.391. The highest BCUT2D eigenvalue weighted by molar-refractivity contribution is 5.89. The molecule has 1 heterocycles. The number of nitrogens with two attached hydrogens (primary N) is 1. The van der Waals surface area contributed by atoms with Gasteiger partial charge in [0.15, 0.2) is 0 Å². The molecule has 0 aromatic heterocycles. The van der Waals surface area contributed by atoms with Gasteiger partial charge in [0, 0.05) is 18.8 Å². The van der Waals surface area contributed by atoms with Gasteiger partial charge in [-0.2, -0.15) is 0 Å². The number of anilines is 1. The smallest absolute Gasteiger partial charge is 0.319 e. The molecule has 6 heteroatoms. The van der Waals surface area contributed by atoms with E-state index in [0.717, 1.165) is 37.9 Å². The highest BCUT2D eigenvalue weighted by Gasteiger charge is 2.14. The Morgan fingerprint density at radius 2 is 2.17 bits per heavy atom. The van der Waals surface area contributed by atoms with Gasteiger partial charge >= 0.3 is 6.03 Å². The first-order valence-electron chi connectivity index (χ1n) is 8.17. The van der Waals surface area contributed by atoms with Gasteiger partial charge in [0.1, 0.15) is 0 Å². The van der Waals surface area contributed by atoms with Gasteiger partial charge in [0.2, 0.25) is 5.91 Å². The zero-order valence-electron chi connectivity index (χ0n) is 13.3. The molecule has 0 unspecified atom stereocenters. The number of nitrogens with one attached hydrogen (secondary N) is 2. The van der Waals surface area contributed by atoms with Crippen LogP contribution in [0.3, 0.4) is 0 Å². The second kappa shape index (κ2) is 9.15. The van der Waals surface area contributed by atoms with E-state index >= 15 is 0 Å². The fraction of sp³-hybridized carbons (Fsp3) is 0.529. The lowest BCUT2D eigenvalue weighted by molar-refractivity contribution is -0.117. The zero-order valence-corrected chi connectivity index (χ0v) is 13.3. The highest BCUT2D eigenvalue weighted by atomic mass is 16.5. The molecule has 1 aromatic carbocycles. The number of hydrogen-bond acceptors (Lipinski definition) is 3. The van der Waals surface area contributed by atoms with Gasteiger partial charge in [-0.05, 0) is 49.8 Å². The minimum atomic E-state index is -0.391. The van der Waals surface area contributed by atoms with Gasteiger partial charge in [-0.3, -0.25) is 4.79 Å². The van der Waals surface area contributed by atoms with Crippen molar-refractivity contribution >= 4 is 17.6 Å². The molecule has 23 heavy (non-hydrogen) atoms. The lowest BCUT2D eigenvalue weighted by Crippen LogP contribution is -2.29. The molecule has 3 amide bonds. The summed E-state index contributed by atoms with van der Waals surface area (Å²) in [6, 6.07) is 6.89. The van der Waals surface area contributed by atoms with Crippen molar-refractivity contribution in [2.45, 2.75) is 44.6 Å². The summed E-state index contributed by atoms with van der Waals surface area (Å²) in [6.07, 6.45) is 5.97. The zero-order chi connectivity index (χ0) is 16.5. The maximum atomic E-state index is 11.8. The second-order valence-electron chi connectivity index (χ2n) is 5.86. The summed E-state index contributed by atoms with van der Waals surface area (Å²) < 4.78 is 5.57. The van der Waals surface area contributed by atoms with E-state index in [0.29, 0.717) is 18.3 Å². The Bertz CT molecular complexity index is 528. The maximum absolute atomic E-state index is 11.8. The number of hydrogen-bond donors (Lipinski definition) is 3. The second-order valence-corrected chi connectivity index (χ2v) is 5.86. The van der Waals surface area contributed by atoms with Crippen molar-refractivity contribution in [2.24, 2.45) is 5.73 Å². The van der Waals surface area contributed by atoms with Crippen molar-refractivity contribution in [3.8, 4) is 0 Å². The number of amides is 3. The van der Waals surface area contributed by atoms with Crippen LogP contribution in [0.4, 0.5) is 10.5 Å². The Hall–Kier alpha value is -2.08. The molecule has 0 aliphatic carbocycles. The third-order valence-electron chi connectivity index (χ3n) is 3.83.